The second kappa shape index (κ2) is 4.59. The summed E-state index contributed by atoms with van der Waals surface area (Å²) in [6, 6.07) is 0. The molecule has 0 saturated heterocycles. The molecule has 6 N–H and O–H groups in total. The molecule has 1 aliphatic carbocycles. The average molecular weight is 304 g/mol. The molecule has 0 aromatic rings. The molecule has 0 aliphatic heterocycles. The van der Waals surface area contributed by atoms with Gasteiger partial charge in [-0.1, -0.05) is 0 Å². The first-order valence-corrected chi connectivity index (χ1v) is 6.84. The molecular weight excluding hydrogens is 294 g/mol. The lowest BCUT2D eigenvalue weighted by molar-refractivity contribution is -0.254. The molecule has 12 heteroatoms. The van der Waals surface area contributed by atoms with Crippen LogP contribution in [0.2, 0.25) is 0 Å². The van der Waals surface area contributed by atoms with E-state index in [0.717, 1.165) is 0 Å². The van der Waals surface area contributed by atoms with Crippen LogP contribution in [-0.4, -0.2) is 65.7 Å². The zero-order valence-electron chi connectivity index (χ0n) is 8.52. The zero-order chi connectivity index (χ0) is 14.5. The molecule has 0 radical (unpaired) electrons. The van der Waals surface area contributed by atoms with Crippen LogP contribution in [0, 0.1) is 0 Å². The molecule has 1 fully saturated rings. The number of rotatable bonds is 2. The Morgan fingerprint density at radius 2 is 0.889 bits per heavy atom. The van der Waals surface area contributed by atoms with Crippen LogP contribution in [-0.2, 0) is 18.3 Å². The van der Waals surface area contributed by atoms with Gasteiger partial charge in [-0.15, -0.1) is 0 Å². The predicted molar refractivity (Wildman–Crippen MR) is 50.5 cm³/mol. The summed E-state index contributed by atoms with van der Waals surface area (Å²) >= 11 is 0. The lowest BCUT2D eigenvalue weighted by atomic mass is 9.83. The SMILES string of the molecule is O=P(=O)[C@]1(O)[C@H](O)[C@H](O)[C@@H](O)[C@H](O)[C@]1(O)P(=O)=O. The summed E-state index contributed by atoms with van der Waals surface area (Å²) in [5.41, 5.74) is 0. The minimum absolute atomic E-state index is 2.37. The Hall–Kier alpha value is -0.440. The highest BCUT2D eigenvalue weighted by atomic mass is 31.1. The second-order valence-corrected chi connectivity index (χ2v) is 6.23. The van der Waals surface area contributed by atoms with Crippen LogP contribution in [0.15, 0.2) is 0 Å². The van der Waals surface area contributed by atoms with Crippen LogP contribution in [0.25, 0.3) is 0 Å². The van der Waals surface area contributed by atoms with Crippen LogP contribution in [0.5, 0.6) is 0 Å². The second-order valence-electron chi connectivity index (χ2n) is 3.84. The molecule has 0 unspecified atom stereocenters. The molecule has 1 rings (SSSR count). The molecule has 0 spiro atoms. The summed E-state index contributed by atoms with van der Waals surface area (Å²) in [7, 11) is -8.38. The zero-order valence-corrected chi connectivity index (χ0v) is 10.3. The van der Waals surface area contributed by atoms with Crippen molar-refractivity contribution in [2.24, 2.45) is 0 Å². The summed E-state index contributed by atoms with van der Waals surface area (Å²) in [6.45, 7) is 0. The molecular formula is C6H10O10P2. The maximum atomic E-state index is 10.9. The fourth-order valence-electron chi connectivity index (χ4n) is 1.77. The highest BCUT2D eigenvalue weighted by Crippen LogP contribution is 2.54. The van der Waals surface area contributed by atoms with E-state index in [9.17, 15) is 48.9 Å². The standard InChI is InChI=1S/C6H10O10P2/c7-1-2(8)4(10)6(12,18(15)16)5(11,3(1)9)17(13)14/h1-4,7-12H/t1-,2-,3-,4+,5-,6+/m1/s1. The maximum Gasteiger partial charge on any atom is 0.355 e. The summed E-state index contributed by atoms with van der Waals surface area (Å²) in [6.07, 6.45) is -10.2. The van der Waals surface area contributed by atoms with Crippen LogP contribution < -0.4 is 0 Å². The van der Waals surface area contributed by atoms with Gasteiger partial charge in [0.05, 0.1) is 0 Å². The first-order valence-electron chi connectivity index (χ1n) is 4.48. The molecule has 1 aliphatic rings. The molecule has 104 valence electrons. The Bertz CT molecular complexity index is 425. The molecule has 0 aromatic carbocycles. The van der Waals surface area contributed by atoms with Crippen molar-refractivity contribution < 1.29 is 48.9 Å². The van der Waals surface area contributed by atoms with Crippen LogP contribution in [0.1, 0.15) is 0 Å². The van der Waals surface area contributed by atoms with Crippen molar-refractivity contribution in [1.29, 1.82) is 0 Å². The van der Waals surface area contributed by atoms with Gasteiger partial charge in [-0.2, -0.15) is 0 Å². The van der Waals surface area contributed by atoms with E-state index in [4.69, 9.17) is 0 Å². The Morgan fingerprint density at radius 3 is 1.06 bits per heavy atom. The van der Waals surface area contributed by atoms with Gasteiger partial charge in [0.1, 0.15) is 24.4 Å². The third-order valence-electron chi connectivity index (χ3n) is 2.92. The predicted octanol–water partition coefficient (Wildman–Crippen LogP) is -2.83. The van der Waals surface area contributed by atoms with Gasteiger partial charge >= 0.3 is 15.4 Å². The number of hydrogen-bond acceptors (Lipinski definition) is 10. The lowest BCUT2D eigenvalue weighted by Gasteiger charge is -2.47. The van der Waals surface area contributed by atoms with Crippen LogP contribution in [0.4, 0.5) is 0 Å². The topological polar surface area (TPSA) is 190 Å². The maximum absolute atomic E-state index is 10.9. The fraction of sp³-hybridized carbons (Fsp3) is 1.00. The Kier molecular flexibility index (Phi) is 3.98. The van der Waals surface area contributed by atoms with E-state index in [0.29, 0.717) is 0 Å². The number of aliphatic hydroxyl groups is 6. The van der Waals surface area contributed by atoms with E-state index < -0.39 is 50.5 Å². The van der Waals surface area contributed by atoms with Crippen molar-refractivity contribution in [2.75, 3.05) is 0 Å². The smallest absolute Gasteiger partial charge is 0.355 e. The van der Waals surface area contributed by atoms with Gasteiger partial charge in [-0.25, -0.2) is 18.3 Å². The lowest BCUT2D eigenvalue weighted by Crippen LogP contribution is -2.73. The van der Waals surface area contributed by atoms with Gasteiger partial charge in [-0.05, 0) is 0 Å². The molecule has 1 saturated carbocycles. The molecule has 0 bridgehead atoms. The third-order valence-corrected chi connectivity index (χ3v) is 5.42. The molecule has 18 heavy (non-hydrogen) atoms. The number of aliphatic hydroxyl groups excluding tert-OH is 4. The summed E-state index contributed by atoms with van der Waals surface area (Å²) in [5.74, 6) is 0. The van der Waals surface area contributed by atoms with Crippen LogP contribution in [0.3, 0.4) is 0 Å². The molecule has 0 aromatic heterocycles. The molecule has 10 nitrogen and oxygen atoms in total. The third kappa shape index (κ3) is 1.66. The van der Waals surface area contributed by atoms with Gasteiger partial charge in [0.25, 0.3) is 0 Å². The summed E-state index contributed by atoms with van der Waals surface area (Å²) < 4.78 is 43.6. The van der Waals surface area contributed by atoms with Crippen molar-refractivity contribution in [3.63, 3.8) is 0 Å². The first kappa shape index (κ1) is 15.6. The Balaban J connectivity index is 3.61. The quantitative estimate of drug-likeness (QED) is 0.290. The van der Waals surface area contributed by atoms with Gasteiger partial charge in [0, 0.05) is 0 Å². The normalized spacial score (nSPS) is 48.8. The van der Waals surface area contributed by atoms with Gasteiger partial charge in [0.15, 0.2) is 0 Å². The molecule has 0 heterocycles. The van der Waals surface area contributed by atoms with E-state index in [2.05, 4.69) is 0 Å². The molecule has 0 amide bonds. The van der Waals surface area contributed by atoms with E-state index in [1.54, 1.807) is 0 Å². The Morgan fingerprint density at radius 1 is 0.667 bits per heavy atom. The van der Waals surface area contributed by atoms with Crippen molar-refractivity contribution >= 4 is 15.4 Å². The monoisotopic (exact) mass is 304 g/mol. The van der Waals surface area contributed by atoms with E-state index in [1.165, 1.54) is 0 Å². The van der Waals surface area contributed by atoms with Gasteiger partial charge in [0.2, 0.25) is 10.7 Å². The number of hydrogen-bond donors (Lipinski definition) is 6. The van der Waals surface area contributed by atoms with Crippen molar-refractivity contribution in [1.82, 2.24) is 0 Å². The fourth-order valence-corrected chi connectivity index (χ4v) is 3.80. The minimum atomic E-state index is -4.19. The van der Waals surface area contributed by atoms with Gasteiger partial charge < -0.3 is 30.6 Å². The van der Waals surface area contributed by atoms with Crippen molar-refractivity contribution in [3.8, 4) is 0 Å². The highest BCUT2D eigenvalue weighted by Gasteiger charge is 2.74. The first-order chi connectivity index (χ1) is 8.02. The van der Waals surface area contributed by atoms with Crippen molar-refractivity contribution in [2.45, 2.75) is 35.1 Å². The highest BCUT2D eigenvalue weighted by molar-refractivity contribution is 7.38. The average Bonchev–Trinajstić information content (AvgIpc) is 2.30. The minimum Gasteiger partial charge on any atom is -0.387 e. The van der Waals surface area contributed by atoms with E-state index in [1.807, 2.05) is 0 Å². The summed E-state index contributed by atoms with van der Waals surface area (Å²) in [4.78, 5) is 0. The summed E-state index contributed by atoms with van der Waals surface area (Å²) in [5, 5.41) is 49.0. The van der Waals surface area contributed by atoms with Crippen molar-refractivity contribution in [3.05, 3.63) is 0 Å². The Labute approximate surface area is 100 Å². The van der Waals surface area contributed by atoms with E-state index >= 15 is 0 Å². The van der Waals surface area contributed by atoms with Crippen LogP contribution >= 0.6 is 15.4 Å². The van der Waals surface area contributed by atoms with Gasteiger partial charge in [-0.3, -0.25) is 0 Å². The largest absolute Gasteiger partial charge is 0.387 e. The van der Waals surface area contributed by atoms with E-state index in [-0.39, 0.29) is 0 Å². The molecule has 6 atom stereocenters.